The SMILES string of the molecule is OC(CCc1[nH]ccc1CCCCCc1ccccc1)c1nn[nH]n1. The molecule has 6 heteroatoms. The van der Waals surface area contributed by atoms with E-state index in [0.717, 1.165) is 19.3 Å². The minimum atomic E-state index is -0.680. The lowest BCUT2D eigenvalue weighted by molar-refractivity contribution is 0.157. The zero-order valence-electron chi connectivity index (χ0n) is 14.4. The molecule has 0 aliphatic heterocycles. The Morgan fingerprint density at radius 3 is 2.60 bits per heavy atom. The number of unbranched alkanes of at least 4 members (excludes halogenated alkanes) is 2. The molecule has 0 saturated heterocycles. The average Bonchev–Trinajstić information content (AvgIpc) is 3.32. The topological polar surface area (TPSA) is 90.5 Å². The van der Waals surface area contributed by atoms with Gasteiger partial charge in [-0.25, -0.2) is 0 Å². The van der Waals surface area contributed by atoms with E-state index in [1.54, 1.807) is 0 Å². The van der Waals surface area contributed by atoms with Crippen molar-refractivity contribution in [3.05, 3.63) is 65.2 Å². The van der Waals surface area contributed by atoms with Crippen LogP contribution in [-0.2, 0) is 19.3 Å². The molecule has 2 aromatic heterocycles. The third-order valence-electron chi connectivity index (χ3n) is 4.51. The molecule has 3 rings (SSSR count). The maximum Gasteiger partial charge on any atom is 0.202 e. The number of nitrogens with zero attached hydrogens (tertiary/aromatic N) is 3. The molecule has 0 aliphatic rings. The molecule has 0 saturated carbocycles. The fourth-order valence-corrected chi connectivity index (χ4v) is 3.09. The van der Waals surface area contributed by atoms with Gasteiger partial charge in [0.05, 0.1) is 0 Å². The predicted molar refractivity (Wildman–Crippen MR) is 96.0 cm³/mol. The van der Waals surface area contributed by atoms with Gasteiger partial charge >= 0.3 is 0 Å². The van der Waals surface area contributed by atoms with Gasteiger partial charge in [-0.2, -0.15) is 5.21 Å². The molecule has 132 valence electrons. The normalized spacial score (nSPS) is 12.4. The molecular formula is C19H25N5O. The van der Waals surface area contributed by atoms with Gasteiger partial charge in [-0.15, -0.1) is 10.2 Å². The number of tetrazole rings is 1. The summed E-state index contributed by atoms with van der Waals surface area (Å²) in [5, 5.41) is 23.6. The van der Waals surface area contributed by atoms with Crippen molar-refractivity contribution in [3.8, 4) is 0 Å². The van der Waals surface area contributed by atoms with E-state index in [9.17, 15) is 5.11 Å². The minimum absolute atomic E-state index is 0.356. The molecule has 0 spiro atoms. The predicted octanol–water partition coefficient (Wildman–Crippen LogP) is 3.15. The summed E-state index contributed by atoms with van der Waals surface area (Å²) in [5.74, 6) is 0.356. The number of aryl methyl sites for hydroxylation is 3. The molecule has 6 nitrogen and oxygen atoms in total. The fourth-order valence-electron chi connectivity index (χ4n) is 3.09. The summed E-state index contributed by atoms with van der Waals surface area (Å²) < 4.78 is 0. The van der Waals surface area contributed by atoms with Crippen molar-refractivity contribution in [1.82, 2.24) is 25.6 Å². The Kier molecular flexibility index (Phi) is 6.34. The first-order valence-electron chi connectivity index (χ1n) is 8.93. The number of rotatable bonds is 10. The summed E-state index contributed by atoms with van der Waals surface area (Å²) in [6.07, 6.45) is 8.53. The van der Waals surface area contributed by atoms with Crippen LogP contribution in [-0.4, -0.2) is 30.7 Å². The second-order valence-corrected chi connectivity index (χ2v) is 6.35. The zero-order valence-corrected chi connectivity index (χ0v) is 14.4. The molecule has 25 heavy (non-hydrogen) atoms. The van der Waals surface area contributed by atoms with Crippen molar-refractivity contribution < 1.29 is 5.11 Å². The number of hydrogen-bond acceptors (Lipinski definition) is 4. The fraction of sp³-hybridized carbons (Fsp3) is 0.421. The van der Waals surface area contributed by atoms with Crippen molar-refractivity contribution in [2.45, 2.75) is 51.0 Å². The summed E-state index contributed by atoms with van der Waals surface area (Å²) in [6, 6.07) is 12.8. The van der Waals surface area contributed by atoms with Crippen LogP contribution in [0.5, 0.6) is 0 Å². The van der Waals surface area contributed by atoms with E-state index in [-0.39, 0.29) is 0 Å². The molecule has 3 N–H and O–H groups in total. The molecule has 0 radical (unpaired) electrons. The number of aliphatic hydroxyl groups is 1. The van der Waals surface area contributed by atoms with E-state index in [1.807, 2.05) is 6.20 Å². The van der Waals surface area contributed by atoms with Crippen molar-refractivity contribution in [1.29, 1.82) is 0 Å². The van der Waals surface area contributed by atoms with Crippen LogP contribution in [0, 0.1) is 0 Å². The first-order valence-corrected chi connectivity index (χ1v) is 8.93. The Morgan fingerprint density at radius 1 is 0.960 bits per heavy atom. The molecule has 0 fully saturated rings. The largest absolute Gasteiger partial charge is 0.385 e. The van der Waals surface area contributed by atoms with Crippen LogP contribution in [0.1, 0.15) is 54.4 Å². The summed E-state index contributed by atoms with van der Waals surface area (Å²) in [7, 11) is 0. The minimum Gasteiger partial charge on any atom is -0.385 e. The highest BCUT2D eigenvalue weighted by molar-refractivity contribution is 5.21. The highest BCUT2D eigenvalue weighted by Crippen LogP contribution is 2.18. The summed E-state index contributed by atoms with van der Waals surface area (Å²) >= 11 is 0. The van der Waals surface area contributed by atoms with Crippen LogP contribution in [0.4, 0.5) is 0 Å². The molecule has 3 aromatic rings. The first-order chi connectivity index (χ1) is 12.3. The Morgan fingerprint density at radius 2 is 1.80 bits per heavy atom. The van der Waals surface area contributed by atoms with Gasteiger partial charge in [0.1, 0.15) is 6.10 Å². The second-order valence-electron chi connectivity index (χ2n) is 6.35. The molecule has 0 aliphatic carbocycles. The Balaban J connectivity index is 1.38. The van der Waals surface area contributed by atoms with E-state index in [1.165, 1.54) is 36.1 Å². The third kappa shape index (κ3) is 5.26. The molecule has 0 amide bonds. The van der Waals surface area contributed by atoms with E-state index in [2.05, 4.69) is 62.0 Å². The maximum atomic E-state index is 10.1. The van der Waals surface area contributed by atoms with Gasteiger partial charge in [0.25, 0.3) is 0 Å². The average molecular weight is 339 g/mol. The molecule has 1 unspecified atom stereocenters. The van der Waals surface area contributed by atoms with Crippen molar-refractivity contribution in [2.24, 2.45) is 0 Å². The summed E-state index contributed by atoms with van der Waals surface area (Å²) in [5.41, 5.74) is 3.96. The maximum absolute atomic E-state index is 10.1. The lowest BCUT2D eigenvalue weighted by Crippen LogP contribution is -2.03. The summed E-state index contributed by atoms with van der Waals surface area (Å²) in [6.45, 7) is 0. The van der Waals surface area contributed by atoms with Crippen LogP contribution in [0.25, 0.3) is 0 Å². The van der Waals surface area contributed by atoms with E-state index in [4.69, 9.17) is 0 Å². The quantitative estimate of drug-likeness (QED) is 0.495. The van der Waals surface area contributed by atoms with E-state index < -0.39 is 6.10 Å². The lowest BCUT2D eigenvalue weighted by atomic mass is 10.0. The smallest absolute Gasteiger partial charge is 0.202 e. The van der Waals surface area contributed by atoms with Gasteiger partial charge in [0.2, 0.25) is 5.82 Å². The number of H-pyrrole nitrogens is 2. The number of hydrogen-bond donors (Lipinski definition) is 3. The van der Waals surface area contributed by atoms with Crippen LogP contribution in [0.15, 0.2) is 42.6 Å². The van der Waals surface area contributed by atoms with Gasteiger partial charge in [-0.05, 0) is 55.7 Å². The van der Waals surface area contributed by atoms with Crippen LogP contribution in [0.2, 0.25) is 0 Å². The van der Waals surface area contributed by atoms with Gasteiger partial charge in [-0.1, -0.05) is 42.0 Å². The molecular weight excluding hydrogens is 314 g/mol. The first kappa shape index (κ1) is 17.4. The number of aliphatic hydroxyl groups excluding tert-OH is 1. The van der Waals surface area contributed by atoms with Crippen molar-refractivity contribution in [3.63, 3.8) is 0 Å². The van der Waals surface area contributed by atoms with Gasteiger partial charge in [0.15, 0.2) is 0 Å². The number of aromatic amines is 2. The van der Waals surface area contributed by atoms with Crippen LogP contribution in [0.3, 0.4) is 0 Å². The Labute approximate surface area is 147 Å². The molecule has 1 atom stereocenters. The number of nitrogens with one attached hydrogen (secondary N) is 2. The highest BCUT2D eigenvalue weighted by Gasteiger charge is 2.13. The van der Waals surface area contributed by atoms with Gasteiger partial charge in [-0.3, -0.25) is 0 Å². The second kappa shape index (κ2) is 9.13. The van der Waals surface area contributed by atoms with E-state index in [0.29, 0.717) is 12.2 Å². The standard InChI is InChI=1S/C19H25N5O/c25-18(19-21-23-24-22-19)12-11-17-16(13-14-20-17)10-6-2-5-9-15-7-3-1-4-8-15/h1,3-4,7-8,13-14,18,20,25H,2,5-6,9-12H2,(H,21,22,23,24). The van der Waals surface area contributed by atoms with Crippen LogP contribution < -0.4 is 0 Å². The van der Waals surface area contributed by atoms with Crippen molar-refractivity contribution >= 4 is 0 Å². The lowest BCUT2D eigenvalue weighted by Gasteiger charge is -2.07. The molecule has 0 bridgehead atoms. The van der Waals surface area contributed by atoms with E-state index >= 15 is 0 Å². The van der Waals surface area contributed by atoms with Gasteiger partial charge < -0.3 is 10.1 Å². The van der Waals surface area contributed by atoms with Crippen molar-refractivity contribution in [2.75, 3.05) is 0 Å². The number of aromatic nitrogens is 5. The van der Waals surface area contributed by atoms with Crippen LogP contribution >= 0.6 is 0 Å². The van der Waals surface area contributed by atoms with Gasteiger partial charge in [0, 0.05) is 11.9 Å². The highest BCUT2D eigenvalue weighted by atomic mass is 16.3. The molecule has 1 aromatic carbocycles. The number of benzene rings is 1. The zero-order chi connectivity index (χ0) is 17.3. The Bertz CT molecular complexity index is 723. The summed E-state index contributed by atoms with van der Waals surface area (Å²) in [4.78, 5) is 3.30. The molecule has 2 heterocycles. The monoisotopic (exact) mass is 339 g/mol. The Hall–Kier alpha value is -2.47. The third-order valence-corrected chi connectivity index (χ3v) is 4.51.